The van der Waals surface area contributed by atoms with Gasteiger partial charge in [0.2, 0.25) is 0 Å². The third-order valence-corrected chi connectivity index (χ3v) is 4.97. The van der Waals surface area contributed by atoms with Gasteiger partial charge >= 0.3 is 0 Å². The van der Waals surface area contributed by atoms with Gasteiger partial charge in [-0.05, 0) is 66.1 Å². The Kier molecular flexibility index (Phi) is 6.86. The molecule has 1 aliphatic heterocycles. The Bertz CT molecular complexity index is 448. The number of nitrogens with two attached hydrogens (primary N) is 1. The second-order valence-corrected chi connectivity index (χ2v) is 6.17. The number of nitrogens with zero attached hydrogens (tertiary/aromatic N) is 1. The molecule has 1 amide bonds. The van der Waals surface area contributed by atoms with Crippen molar-refractivity contribution in [3.8, 4) is 0 Å². The Morgan fingerprint density at radius 1 is 1.42 bits per heavy atom. The van der Waals surface area contributed by atoms with Crippen molar-refractivity contribution in [1.29, 1.82) is 0 Å². The van der Waals surface area contributed by atoms with Crippen LogP contribution < -0.4 is 5.73 Å². The first-order chi connectivity index (χ1) is 8.61. The highest BCUT2D eigenvalue weighted by molar-refractivity contribution is 14.1. The van der Waals surface area contributed by atoms with Crippen molar-refractivity contribution >= 4 is 52.5 Å². The van der Waals surface area contributed by atoms with Gasteiger partial charge in [0.05, 0.1) is 5.02 Å². The second-order valence-electron chi connectivity index (χ2n) is 4.60. The summed E-state index contributed by atoms with van der Waals surface area (Å²) in [6.07, 6.45) is 2.00. The molecule has 6 heteroatoms. The third-order valence-electron chi connectivity index (χ3n) is 3.40. The lowest BCUT2D eigenvalue weighted by molar-refractivity contribution is 0.0693. The molecule has 0 bridgehead atoms. The van der Waals surface area contributed by atoms with Gasteiger partial charge in [0.15, 0.2) is 0 Å². The van der Waals surface area contributed by atoms with E-state index in [1.54, 1.807) is 6.07 Å². The highest BCUT2D eigenvalue weighted by atomic mass is 127. The van der Waals surface area contributed by atoms with Gasteiger partial charge in [-0.15, -0.1) is 12.4 Å². The highest BCUT2D eigenvalue weighted by Crippen LogP contribution is 2.22. The summed E-state index contributed by atoms with van der Waals surface area (Å²) in [4.78, 5) is 14.2. The molecule has 1 aromatic rings. The van der Waals surface area contributed by atoms with Gasteiger partial charge in [-0.1, -0.05) is 11.6 Å². The maximum Gasteiger partial charge on any atom is 0.253 e. The molecule has 2 N–H and O–H groups in total. The van der Waals surface area contributed by atoms with E-state index in [1.165, 1.54) is 0 Å². The van der Waals surface area contributed by atoms with Gasteiger partial charge in [-0.2, -0.15) is 0 Å². The summed E-state index contributed by atoms with van der Waals surface area (Å²) in [6.45, 7) is 2.31. The van der Waals surface area contributed by atoms with E-state index in [1.807, 2.05) is 17.0 Å². The van der Waals surface area contributed by atoms with E-state index < -0.39 is 0 Å². The zero-order valence-corrected chi connectivity index (χ0v) is 14.2. The molecule has 0 atom stereocenters. The molecule has 19 heavy (non-hydrogen) atoms. The molecule has 0 saturated carbocycles. The van der Waals surface area contributed by atoms with Crippen LogP contribution in [0.1, 0.15) is 23.2 Å². The maximum absolute atomic E-state index is 12.3. The van der Waals surface area contributed by atoms with E-state index in [0.717, 1.165) is 36.0 Å². The van der Waals surface area contributed by atoms with Crippen LogP contribution in [-0.4, -0.2) is 30.4 Å². The van der Waals surface area contributed by atoms with E-state index in [4.69, 9.17) is 17.3 Å². The largest absolute Gasteiger partial charge is 0.339 e. The lowest BCUT2D eigenvalue weighted by Crippen LogP contribution is -2.40. The van der Waals surface area contributed by atoms with Crippen molar-refractivity contribution in [2.24, 2.45) is 11.7 Å². The first kappa shape index (κ1) is 17.0. The molecule has 0 aromatic heterocycles. The van der Waals surface area contributed by atoms with Gasteiger partial charge in [-0.25, -0.2) is 0 Å². The number of halogens is 3. The minimum atomic E-state index is 0. The first-order valence-electron chi connectivity index (χ1n) is 6.06. The Morgan fingerprint density at radius 3 is 2.58 bits per heavy atom. The Labute approximate surface area is 138 Å². The van der Waals surface area contributed by atoms with Crippen molar-refractivity contribution in [2.45, 2.75) is 12.8 Å². The molecular weight excluding hydrogens is 398 g/mol. The SMILES string of the molecule is Cl.NCC1CCN(C(=O)c2ccc(I)c(Cl)c2)CC1. The van der Waals surface area contributed by atoms with Crippen LogP contribution in [0.25, 0.3) is 0 Å². The Balaban J connectivity index is 0.00000180. The summed E-state index contributed by atoms with van der Waals surface area (Å²) in [5.41, 5.74) is 6.32. The molecule has 1 saturated heterocycles. The smallest absolute Gasteiger partial charge is 0.253 e. The van der Waals surface area contributed by atoms with Crippen molar-refractivity contribution in [1.82, 2.24) is 4.90 Å². The molecule has 0 aliphatic carbocycles. The van der Waals surface area contributed by atoms with Crippen LogP contribution in [-0.2, 0) is 0 Å². The lowest BCUT2D eigenvalue weighted by Gasteiger charge is -2.31. The molecule has 1 aromatic carbocycles. The van der Waals surface area contributed by atoms with Crippen molar-refractivity contribution < 1.29 is 4.79 Å². The van der Waals surface area contributed by atoms with E-state index in [0.29, 0.717) is 16.5 Å². The quantitative estimate of drug-likeness (QED) is 0.755. The average molecular weight is 415 g/mol. The van der Waals surface area contributed by atoms with Crippen LogP contribution in [0.3, 0.4) is 0 Å². The lowest BCUT2D eigenvalue weighted by atomic mass is 9.96. The predicted octanol–water partition coefficient (Wildman–Crippen LogP) is 3.18. The molecule has 1 aliphatic rings. The molecule has 1 fully saturated rings. The number of benzene rings is 1. The Morgan fingerprint density at radius 2 is 2.05 bits per heavy atom. The Hall–Kier alpha value is -0.0400. The zero-order chi connectivity index (χ0) is 13.1. The molecule has 106 valence electrons. The number of carbonyl (C=O) groups is 1. The summed E-state index contributed by atoms with van der Waals surface area (Å²) in [5.74, 6) is 0.637. The van der Waals surface area contributed by atoms with Crippen LogP contribution in [0, 0.1) is 9.49 Å². The average Bonchev–Trinajstić information content (AvgIpc) is 2.41. The number of carbonyl (C=O) groups excluding carboxylic acids is 1. The van der Waals surface area contributed by atoms with Gasteiger partial charge in [0.1, 0.15) is 0 Å². The fraction of sp³-hybridized carbons (Fsp3) is 0.462. The first-order valence-corrected chi connectivity index (χ1v) is 7.52. The predicted molar refractivity (Wildman–Crippen MR) is 89.1 cm³/mol. The standard InChI is InChI=1S/C13H16ClIN2O.ClH/c14-11-7-10(1-2-12(11)15)13(18)17-5-3-9(8-16)4-6-17;/h1-2,7,9H,3-6,8,16H2;1H. The highest BCUT2D eigenvalue weighted by Gasteiger charge is 2.23. The topological polar surface area (TPSA) is 46.3 Å². The van der Waals surface area contributed by atoms with Crippen molar-refractivity contribution in [2.75, 3.05) is 19.6 Å². The summed E-state index contributed by atoms with van der Waals surface area (Å²) in [5, 5.41) is 0.637. The van der Waals surface area contributed by atoms with Gasteiger partial charge in [0.25, 0.3) is 5.91 Å². The zero-order valence-electron chi connectivity index (χ0n) is 10.4. The second kappa shape index (κ2) is 7.67. The maximum atomic E-state index is 12.3. The van der Waals surface area contributed by atoms with Crippen molar-refractivity contribution in [3.05, 3.63) is 32.4 Å². The summed E-state index contributed by atoms with van der Waals surface area (Å²) < 4.78 is 0.965. The fourth-order valence-corrected chi connectivity index (χ4v) is 2.70. The van der Waals surface area contributed by atoms with Crippen LogP contribution in [0.2, 0.25) is 5.02 Å². The van der Waals surface area contributed by atoms with Crippen LogP contribution in [0.4, 0.5) is 0 Å². The van der Waals surface area contributed by atoms with E-state index in [9.17, 15) is 4.79 Å². The normalized spacial score (nSPS) is 16.1. The summed E-state index contributed by atoms with van der Waals surface area (Å²) in [6, 6.07) is 5.47. The summed E-state index contributed by atoms with van der Waals surface area (Å²) >= 11 is 8.20. The van der Waals surface area contributed by atoms with Crippen molar-refractivity contribution in [3.63, 3.8) is 0 Å². The molecular formula is C13H17Cl2IN2O. The van der Waals surface area contributed by atoms with Gasteiger partial charge in [-0.3, -0.25) is 4.79 Å². The van der Waals surface area contributed by atoms with E-state index in [2.05, 4.69) is 22.6 Å². The van der Waals surface area contributed by atoms with Gasteiger partial charge < -0.3 is 10.6 Å². The van der Waals surface area contributed by atoms with E-state index in [-0.39, 0.29) is 18.3 Å². The molecule has 0 spiro atoms. The number of hydrogen-bond acceptors (Lipinski definition) is 2. The monoisotopic (exact) mass is 414 g/mol. The van der Waals surface area contributed by atoms with Crippen LogP contribution >= 0.6 is 46.6 Å². The van der Waals surface area contributed by atoms with Crippen LogP contribution in [0.15, 0.2) is 18.2 Å². The molecule has 1 heterocycles. The van der Waals surface area contributed by atoms with Gasteiger partial charge in [0, 0.05) is 22.2 Å². The minimum Gasteiger partial charge on any atom is -0.339 e. The molecule has 0 unspecified atom stereocenters. The third kappa shape index (κ3) is 4.21. The number of amides is 1. The van der Waals surface area contributed by atoms with E-state index >= 15 is 0 Å². The summed E-state index contributed by atoms with van der Waals surface area (Å²) in [7, 11) is 0. The number of likely N-dealkylation sites (tertiary alicyclic amines) is 1. The van der Waals surface area contributed by atoms with Crippen LogP contribution in [0.5, 0.6) is 0 Å². The molecule has 2 rings (SSSR count). The minimum absolute atomic E-state index is 0. The fourth-order valence-electron chi connectivity index (χ4n) is 2.18. The number of hydrogen-bond donors (Lipinski definition) is 1. The molecule has 0 radical (unpaired) electrons. The molecule has 3 nitrogen and oxygen atoms in total. The number of piperidine rings is 1. The number of rotatable bonds is 2.